The number of aromatic nitrogens is 2. The molecule has 0 N–H and O–H groups in total. The lowest BCUT2D eigenvalue weighted by Crippen LogP contribution is -2.36. The van der Waals surface area contributed by atoms with E-state index in [-0.39, 0.29) is 5.91 Å². The molecule has 0 radical (unpaired) electrons. The lowest BCUT2D eigenvalue weighted by Gasteiger charge is -2.28. The first-order valence-electron chi connectivity index (χ1n) is 8.16. The maximum absolute atomic E-state index is 12.7. The summed E-state index contributed by atoms with van der Waals surface area (Å²) in [5.74, 6) is 0.675. The second kappa shape index (κ2) is 6.65. The molecule has 0 aliphatic carbocycles. The zero-order chi connectivity index (χ0) is 17.2. The van der Waals surface area contributed by atoms with Gasteiger partial charge in [0.1, 0.15) is 0 Å². The van der Waals surface area contributed by atoms with Gasteiger partial charge in [-0.3, -0.25) is 4.79 Å². The third-order valence-electron chi connectivity index (χ3n) is 4.36. The van der Waals surface area contributed by atoms with Crippen molar-refractivity contribution in [1.29, 1.82) is 0 Å². The Labute approximate surface area is 151 Å². The summed E-state index contributed by atoms with van der Waals surface area (Å²) in [5, 5.41) is 0.481. The molecule has 1 aliphatic heterocycles. The summed E-state index contributed by atoms with van der Waals surface area (Å²) in [7, 11) is 0. The smallest absolute Gasteiger partial charge is 0.255 e. The van der Waals surface area contributed by atoms with Gasteiger partial charge < -0.3 is 4.90 Å². The van der Waals surface area contributed by atoms with Crippen molar-refractivity contribution in [3.05, 3.63) is 82.6 Å². The quantitative estimate of drug-likeness (QED) is 0.702. The molecule has 0 bridgehead atoms. The normalized spacial score (nSPS) is 13.4. The number of halogens is 1. The highest BCUT2D eigenvalue weighted by Crippen LogP contribution is 2.24. The predicted molar refractivity (Wildman–Crippen MR) is 97.4 cm³/mol. The van der Waals surface area contributed by atoms with Gasteiger partial charge in [-0.05, 0) is 12.1 Å². The highest BCUT2D eigenvalue weighted by molar-refractivity contribution is 6.33. The standard InChI is InChI=1S/C20H16ClN3O/c21-17-9-5-4-8-16(17)20(25)24-11-10-18-15(13-24)12-22-19(23-18)14-6-2-1-3-7-14/h1-9,12H,10-11,13H2. The van der Waals surface area contributed by atoms with Crippen molar-refractivity contribution in [3.8, 4) is 11.4 Å². The number of benzene rings is 2. The summed E-state index contributed by atoms with van der Waals surface area (Å²) < 4.78 is 0. The van der Waals surface area contributed by atoms with E-state index in [4.69, 9.17) is 16.6 Å². The molecule has 1 aliphatic rings. The predicted octanol–water partition coefficient (Wildman–Crippen LogP) is 4.00. The third-order valence-corrected chi connectivity index (χ3v) is 4.69. The number of carbonyl (C=O) groups excluding carboxylic acids is 1. The van der Waals surface area contributed by atoms with Gasteiger partial charge in [0.25, 0.3) is 5.91 Å². The molecule has 25 heavy (non-hydrogen) atoms. The molecule has 0 unspecified atom stereocenters. The molecule has 1 aromatic heterocycles. The van der Waals surface area contributed by atoms with Gasteiger partial charge >= 0.3 is 0 Å². The molecule has 1 amide bonds. The number of hydrogen-bond acceptors (Lipinski definition) is 3. The largest absolute Gasteiger partial charge is 0.334 e. The number of rotatable bonds is 2. The lowest BCUT2D eigenvalue weighted by molar-refractivity contribution is 0.0733. The maximum Gasteiger partial charge on any atom is 0.255 e. The molecule has 5 heteroatoms. The van der Waals surface area contributed by atoms with Crippen LogP contribution < -0.4 is 0 Å². The van der Waals surface area contributed by atoms with Gasteiger partial charge in [0.2, 0.25) is 0 Å². The Morgan fingerprint density at radius 3 is 2.60 bits per heavy atom. The van der Waals surface area contributed by atoms with Crippen LogP contribution >= 0.6 is 11.6 Å². The summed E-state index contributed by atoms with van der Waals surface area (Å²) in [6.07, 6.45) is 2.55. The first-order valence-corrected chi connectivity index (χ1v) is 8.54. The van der Waals surface area contributed by atoms with E-state index < -0.39 is 0 Å². The number of carbonyl (C=O) groups is 1. The highest BCUT2D eigenvalue weighted by atomic mass is 35.5. The molecule has 124 valence electrons. The van der Waals surface area contributed by atoms with Crippen LogP contribution in [0.5, 0.6) is 0 Å². The van der Waals surface area contributed by atoms with Crippen LogP contribution in [0.25, 0.3) is 11.4 Å². The Bertz CT molecular complexity index is 927. The molecule has 0 atom stereocenters. The molecule has 4 rings (SSSR count). The Morgan fingerprint density at radius 1 is 1.04 bits per heavy atom. The summed E-state index contributed by atoms with van der Waals surface area (Å²) in [6, 6.07) is 17.1. The van der Waals surface area contributed by atoms with Crippen molar-refractivity contribution >= 4 is 17.5 Å². The monoisotopic (exact) mass is 349 g/mol. The van der Waals surface area contributed by atoms with Crippen LogP contribution in [0, 0.1) is 0 Å². The van der Waals surface area contributed by atoms with Gasteiger partial charge in [-0.1, -0.05) is 54.1 Å². The van der Waals surface area contributed by atoms with Gasteiger partial charge in [0.05, 0.1) is 16.3 Å². The first kappa shape index (κ1) is 15.8. The van der Waals surface area contributed by atoms with E-state index in [0.29, 0.717) is 30.1 Å². The van der Waals surface area contributed by atoms with Gasteiger partial charge in [0.15, 0.2) is 5.82 Å². The van der Waals surface area contributed by atoms with Gasteiger partial charge in [-0.2, -0.15) is 0 Å². The molecule has 0 saturated heterocycles. The molecular formula is C20H16ClN3O. The summed E-state index contributed by atoms with van der Waals surface area (Å²) in [4.78, 5) is 23.7. The van der Waals surface area contributed by atoms with Crippen LogP contribution in [-0.2, 0) is 13.0 Å². The fraction of sp³-hybridized carbons (Fsp3) is 0.150. The number of fused-ring (bicyclic) bond motifs is 1. The van der Waals surface area contributed by atoms with Crippen molar-refractivity contribution in [2.45, 2.75) is 13.0 Å². The van der Waals surface area contributed by atoms with Crippen LogP contribution in [0.3, 0.4) is 0 Å². The van der Waals surface area contributed by atoms with E-state index in [2.05, 4.69) is 4.98 Å². The Morgan fingerprint density at radius 2 is 1.80 bits per heavy atom. The van der Waals surface area contributed by atoms with Gasteiger partial charge in [0, 0.05) is 36.8 Å². The van der Waals surface area contributed by atoms with Crippen LogP contribution in [0.1, 0.15) is 21.6 Å². The average molecular weight is 350 g/mol. The van der Waals surface area contributed by atoms with Gasteiger partial charge in [-0.15, -0.1) is 0 Å². The molecule has 3 aromatic rings. The second-order valence-corrected chi connectivity index (χ2v) is 6.40. The van der Waals surface area contributed by atoms with Crippen LogP contribution in [0.15, 0.2) is 60.8 Å². The van der Waals surface area contributed by atoms with E-state index in [1.54, 1.807) is 17.0 Å². The third kappa shape index (κ3) is 3.13. The van der Waals surface area contributed by atoms with Crippen LogP contribution in [-0.4, -0.2) is 27.3 Å². The Kier molecular flexibility index (Phi) is 4.20. The van der Waals surface area contributed by atoms with E-state index >= 15 is 0 Å². The van der Waals surface area contributed by atoms with Crippen LogP contribution in [0.4, 0.5) is 0 Å². The van der Waals surface area contributed by atoms with E-state index in [1.807, 2.05) is 48.7 Å². The molecule has 0 spiro atoms. The fourth-order valence-corrected chi connectivity index (χ4v) is 3.24. The lowest BCUT2D eigenvalue weighted by atomic mass is 10.1. The zero-order valence-corrected chi connectivity index (χ0v) is 14.3. The second-order valence-electron chi connectivity index (χ2n) is 5.99. The summed E-state index contributed by atoms with van der Waals surface area (Å²) in [5.41, 5.74) is 3.54. The van der Waals surface area contributed by atoms with Crippen molar-refractivity contribution in [2.24, 2.45) is 0 Å². The SMILES string of the molecule is O=C(c1ccccc1Cl)N1CCc2nc(-c3ccccc3)ncc2C1. The van der Waals surface area contributed by atoms with Crippen molar-refractivity contribution in [1.82, 2.24) is 14.9 Å². The molecule has 0 saturated carbocycles. The Balaban J connectivity index is 1.58. The minimum Gasteiger partial charge on any atom is -0.334 e. The highest BCUT2D eigenvalue weighted by Gasteiger charge is 2.24. The molecule has 0 fully saturated rings. The molecule has 2 heterocycles. The first-order chi connectivity index (χ1) is 12.2. The van der Waals surface area contributed by atoms with Crippen LogP contribution in [0.2, 0.25) is 5.02 Å². The van der Waals surface area contributed by atoms with Gasteiger partial charge in [-0.25, -0.2) is 9.97 Å². The molecule has 2 aromatic carbocycles. The van der Waals surface area contributed by atoms with E-state index in [1.165, 1.54) is 0 Å². The summed E-state index contributed by atoms with van der Waals surface area (Å²) >= 11 is 6.15. The summed E-state index contributed by atoms with van der Waals surface area (Å²) in [6.45, 7) is 1.14. The molecular weight excluding hydrogens is 334 g/mol. The van der Waals surface area contributed by atoms with E-state index in [9.17, 15) is 4.79 Å². The topological polar surface area (TPSA) is 46.1 Å². The number of hydrogen-bond donors (Lipinski definition) is 0. The number of nitrogens with zero attached hydrogens (tertiary/aromatic N) is 3. The van der Waals surface area contributed by atoms with Crippen molar-refractivity contribution in [2.75, 3.05) is 6.54 Å². The average Bonchev–Trinajstić information content (AvgIpc) is 2.68. The van der Waals surface area contributed by atoms with Crippen molar-refractivity contribution in [3.63, 3.8) is 0 Å². The van der Waals surface area contributed by atoms with Crippen molar-refractivity contribution < 1.29 is 4.79 Å². The van der Waals surface area contributed by atoms with E-state index in [0.717, 1.165) is 22.6 Å². The maximum atomic E-state index is 12.7. The number of amides is 1. The zero-order valence-electron chi connectivity index (χ0n) is 13.5. The Hall–Kier alpha value is -2.72. The minimum absolute atomic E-state index is 0.0524. The molecule has 4 nitrogen and oxygen atoms in total. The minimum atomic E-state index is -0.0524. The fourth-order valence-electron chi connectivity index (χ4n) is 3.02.